The summed E-state index contributed by atoms with van der Waals surface area (Å²) in [6.07, 6.45) is -1.02. The number of aliphatic hydroxyl groups excluding tert-OH is 3. The molecule has 1 aliphatic heterocycles. The molecule has 1 aliphatic rings. The summed E-state index contributed by atoms with van der Waals surface area (Å²) in [5, 5.41) is 31.5. The van der Waals surface area contributed by atoms with Crippen molar-refractivity contribution >= 4 is 29.3 Å². The molecule has 1 saturated heterocycles. The van der Waals surface area contributed by atoms with Gasteiger partial charge in [0.25, 0.3) is 0 Å². The zero-order valence-electron chi connectivity index (χ0n) is 21.0. The molecular formula is C27H36ClNO6S. The van der Waals surface area contributed by atoms with E-state index in [1.165, 1.54) is 11.8 Å². The van der Waals surface area contributed by atoms with Gasteiger partial charge in [0, 0.05) is 24.5 Å². The first-order valence-corrected chi connectivity index (χ1v) is 14.0. The van der Waals surface area contributed by atoms with Crippen LogP contribution in [-0.2, 0) is 16.0 Å². The predicted molar refractivity (Wildman–Crippen MR) is 143 cm³/mol. The lowest BCUT2D eigenvalue weighted by Gasteiger charge is -2.40. The van der Waals surface area contributed by atoms with Gasteiger partial charge < -0.3 is 29.7 Å². The molecule has 3 rings (SSSR count). The summed E-state index contributed by atoms with van der Waals surface area (Å²) in [5.74, 6) is 0.891. The van der Waals surface area contributed by atoms with E-state index in [-0.39, 0.29) is 5.91 Å². The van der Waals surface area contributed by atoms with Crippen LogP contribution in [0.25, 0.3) is 0 Å². The van der Waals surface area contributed by atoms with Crippen molar-refractivity contribution in [3.63, 3.8) is 0 Å². The molecule has 2 aromatic carbocycles. The Bertz CT molecular complexity index is 985. The molecule has 1 heterocycles. The Morgan fingerprint density at radius 3 is 2.39 bits per heavy atom. The van der Waals surface area contributed by atoms with E-state index in [4.69, 9.17) is 21.1 Å². The number of nitrogens with zero attached hydrogens (tertiary/aromatic N) is 1. The van der Waals surface area contributed by atoms with E-state index in [1.54, 1.807) is 18.4 Å². The summed E-state index contributed by atoms with van der Waals surface area (Å²) >= 11 is 7.74. The molecule has 9 heteroatoms. The predicted octanol–water partition coefficient (Wildman–Crippen LogP) is 3.80. The highest BCUT2D eigenvalue weighted by molar-refractivity contribution is 7.99. The summed E-state index contributed by atoms with van der Waals surface area (Å²) < 4.78 is 11.7. The minimum absolute atomic E-state index is 0.152. The number of aliphatic hydroxyl groups is 3. The maximum Gasteiger partial charge on any atom is 0.222 e. The van der Waals surface area contributed by atoms with Crippen molar-refractivity contribution < 1.29 is 29.6 Å². The summed E-state index contributed by atoms with van der Waals surface area (Å²) in [6.45, 7) is 5.88. The molecule has 5 atom stereocenters. The molecule has 36 heavy (non-hydrogen) atoms. The van der Waals surface area contributed by atoms with Crippen molar-refractivity contribution in [3.8, 4) is 5.75 Å². The standard InChI is InChI=1S/C27H36ClNO6S/c1-4-29(5-2)22(30)7-6-14-34-20-11-8-17(9-12-20)15-19-16-18(10-13-21(19)28)26-24(32)23(31)25(33)27(35-26)36-3/h8-13,16,23-27,31-33H,4-7,14-15H2,1-3H3/t23-,24-,25+,26+,27-/m1/s1. The summed E-state index contributed by atoms with van der Waals surface area (Å²) in [7, 11) is 0. The average Bonchev–Trinajstić information content (AvgIpc) is 2.88. The van der Waals surface area contributed by atoms with Crippen LogP contribution in [0.2, 0.25) is 5.02 Å². The number of hydrogen-bond acceptors (Lipinski definition) is 7. The van der Waals surface area contributed by atoms with Gasteiger partial charge >= 0.3 is 0 Å². The molecule has 1 amide bonds. The topological polar surface area (TPSA) is 99.5 Å². The molecule has 3 N–H and O–H groups in total. The zero-order chi connectivity index (χ0) is 26.2. The monoisotopic (exact) mass is 537 g/mol. The quantitative estimate of drug-likeness (QED) is 0.375. The highest BCUT2D eigenvalue weighted by Crippen LogP contribution is 2.37. The van der Waals surface area contributed by atoms with Crippen LogP contribution in [0.4, 0.5) is 0 Å². The Labute approximate surface area is 222 Å². The molecule has 2 aromatic rings. The number of carbonyl (C=O) groups excluding carboxylic acids is 1. The lowest BCUT2D eigenvalue weighted by molar-refractivity contribution is -0.200. The van der Waals surface area contributed by atoms with Gasteiger partial charge in [-0.1, -0.05) is 35.9 Å². The molecule has 0 saturated carbocycles. The first-order chi connectivity index (χ1) is 17.3. The molecule has 0 aromatic heterocycles. The Hall–Kier alpha value is -1.81. The van der Waals surface area contributed by atoms with E-state index in [2.05, 4.69) is 0 Å². The van der Waals surface area contributed by atoms with Gasteiger partial charge in [0.05, 0.1) is 6.61 Å². The molecule has 0 radical (unpaired) electrons. The number of thioether (sulfide) groups is 1. The molecule has 7 nitrogen and oxygen atoms in total. The van der Waals surface area contributed by atoms with E-state index in [0.29, 0.717) is 36.5 Å². The lowest BCUT2D eigenvalue weighted by Crippen LogP contribution is -2.52. The number of benzene rings is 2. The van der Waals surface area contributed by atoms with Crippen molar-refractivity contribution in [1.29, 1.82) is 0 Å². The van der Waals surface area contributed by atoms with Crippen molar-refractivity contribution in [1.82, 2.24) is 4.90 Å². The fourth-order valence-electron chi connectivity index (χ4n) is 4.30. The SMILES string of the molecule is CCN(CC)C(=O)CCCOc1ccc(Cc2cc([C@@H]3O[C@H](SC)[C@@H](O)[C@H](O)[C@H]3O)ccc2Cl)cc1. The van der Waals surface area contributed by atoms with Crippen LogP contribution in [0.1, 0.15) is 49.5 Å². The largest absolute Gasteiger partial charge is 0.494 e. The van der Waals surface area contributed by atoms with Crippen LogP contribution >= 0.6 is 23.4 Å². The van der Waals surface area contributed by atoms with E-state index in [9.17, 15) is 20.1 Å². The Morgan fingerprint density at radius 2 is 1.75 bits per heavy atom. The van der Waals surface area contributed by atoms with E-state index in [0.717, 1.165) is 30.0 Å². The van der Waals surface area contributed by atoms with Gasteiger partial charge in [-0.05, 0) is 67.8 Å². The highest BCUT2D eigenvalue weighted by Gasteiger charge is 2.44. The van der Waals surface area contributed by atoms with Gasteiger partial charge in [0.15, 0.2) is 0 Å². The number of carbonyl (C=O) groups is 1. The third-order valence-electron chi connectivity index (χ3n) is 6.44. The molecule has 0 aliphatic carbocycles. The molecule has 198 valence electrons. The van der Waals surface area contributed by atoms with E-state index < -0.39 is 29.9 Å². The second-order valence-electron chi connectivity index (χ2n) is 8.82. The van der Waals surface area contributed by atoms with Crippen molar-refractivity contribution in [2.75, 3.05) is 26.0 Å². The molecular weight excluding hydrogens is 502 g/mol. The first-order valence-electron chi connectivity index (χ1n) is 12.3. The van der Waals surface area contributed by atoms with Gasteiger partial charge in [-0.2, -0.15) is 0 Å². The Morgan fingerprint density at radius 1 is 1.06 bits per heavy atom. The number of hydrogen-bond donors (Lipinski definition) is 3. The maximum absolute atomic E-state index is 12.1. The van der Waals surface area contributed by atoms with Crippen LogP contribution in [0, 0.1) is 0 Å². The number of ether oxygens (including phenoxy) is 2. The smallest absolute Gasteiger partial charge is 0.222 e. The number of amides is 1. The van der Waals surface area contributed by atoms with Crippen molar-refractivity contribution in [2.45, 2.75) is 63.0 Å². The van der Waals surface area contributed by atoms with Crippen LogP contribution < -0.4 is 4.74 Å². The minimum Gasteiger partial charge on any atom is -0.494 e. The van der Waals surface area contributed by atoms with Crippen LogP contribution in [-0.4, -0.2) is 75.8 Å². The van der Waals surface area contributed by atoms with Crippen LogP contribution in [0.5, 0.6) is 5.75 Å². The van der Waals surface area contributed by atoms with Crippen molar-refractivity contribution in [3.05, 3.63) is 64.2 Å². The number of rotatable bonds is 11. The Balaban J connectivity index is 1.60. The van der Waals surface area contributed by atoms with Gasteiger partial charge in [0.1, 0.15) is 35.6 Å². The third-order valence-corrected chi connectivity index (χ3v) is 7.66. The van der Waals surface area contributed by atoms with Crippen molar-refractivity contribution in [2.24, 2.45) is 0 Å². The molecule has 0 spiro atoms. The molecule has 0 bridgehead atoms. The van der Waals surface area contributed by atoms with E-state index in [1.807, 2.05) is 49.1 Å². The van der Waals surface area contributed by atoms with Crippen LogP contribution in [0.3, 0.4) is 0 Å². The lowest BCUT2D eigenvalue weighted by atomic mass is 9.92. The van der Waals surface area contributed by atoms with Gasteiger partial charge in [0.2, 0.25) is 5.91 Å². The summed E-state index contributed by atoms with van der Waals surface area (Å²) in [6, 6.07) is 13.1. The number of halogens is 1. The Kier molecular flexibility index (Phi) is 10.9. The fourth-order valence-corrected chi connectivity index (χ4v) is 5.15. The second kappa shape index (κ2) is 13.7. The highest BCUT2D eigenvalue weighted by atomic mass is 35.5. The van der Waals surface area contributed by atoms with Gasteiger partial charge in [-0.25, -0.2) is 0 Å². The second-order valence-corrected chi connectivity index (χ2v) is 10.2. The summed E-state index contributed by atoms with van der Waals surface area (Å²) in [4.78, 5) is 13.9. The van der Waals surface area contributed by atoms with Crippen LogP contribution in [0.15, 0.2) is 42.5 Å². The van der Waals surface area contributed by atoms with E-state index >= 15 is 0 Å². The maximum atomic E-state index is 12.1. The average molecular weight is 538 g/mol. The summed E-state index contributed by atoms with van der Waals surface area (Å²) in [5.41, 5.74) is 1.93. The van der Waals surface area contributed by atoms with Gasteiger partial charge in [-0.3, -0.25) is 4.79 Å². The van der Waals surface area contributed by atoms with Gasteiger partial charge in [-0.15, -0.1) is 11.8 Å². The normalized spacial score (nSPS) is 23.9. The molecule has 0 unspecified atom stereocenters. The minimum atomic E-state index is -1.30. The first kappa shape index (κ1) is 28.8. The molecule has 1 fully saturated rings. The fraction of sp³-hybridized carbons (Fsp3) is 0.519. The zero-order valence-corrected chi connectivity index (χ0v) is 22.5. The third kappa shape index (κ3) is 7.15.